The lowest BCUT2D eigenvalue weighted by atomic mass is 10.3. The van der Waals surface area contributed by atoms with E-state index in [1.807, 2.05) is 18.2 Å². The average Bonchev–Trinajstić information content (AvgIpc) is 2.77. The molecule has 0 saturated heterocycles. The lowest BCUT2D eigenvalue weighted by Gasteiger charge is -1.98. The van der Waals surface area contributed by atoms with E-state index in [1.165, 1.54) is 11.3 Å². The van der Waals surface area contributed by atoms with Gasteiger partial charge in [-0.05, 0) is 31.2 Å². The molecule has 2 aromatic rings. The first-order valence-corrected chi connectivity index (χ1v) is 6.49. The molecule has 1 heterocycles. The van der Waals surface area contributed by atoms with Gasteiger partial charge in [-0.15, -0.1) is 0 Å². The van der Waals surface area contributed by atoms with Gasteiger partial charge in [-0.2, -0.15) is 0 Å². The zero-order valence-electron chi connectivity index (χ0n) is 10.1. The maximum absolute atomic E-state index is 11.5. The van der Waals surface area contributed by atoms with Crippen LogP contribution < -0.4 is 15.8 Å². The Hall–Kier alpha value is -1.66. The first kappa shape index (κ1) is 12.8. The quantitative estimate of drug-likeness (QED) is 0.866. The molecule has 0 aliphatic carbocycles. The summed E-state index contributed by atoms with van der Waals surface area (Å²) in [4.78, 5) is 15.9. The third-order valence-electron chi connectivity index (χ3n) is 2.45. The number of carbonyl (C=O) groups excluding carboxylic acids is 1. The van der Waals surface area contributed by atoms with Crippen LogP contribution in [0, 0.1) is 0 Å². The van der Waals surface area contributed by atoms with Gasteiger partial charge < -0.3 is 15.8 Å². The highest BCUT2D eigenvalue weighted by molar-refractivity contribution is 7.22. The smallest absolute Gasteiger partial charge is 0.226 e. The molecular weight excluding hydrogens is 250 g/mol. The second-order valence-electron chi connectivity index (χ2n) is 3.79. The summed E-state index contributed by atoms with van der Waals surface area (Å²) < 4.78 is 6.13. The number of aromatic nitrogens is 1. The topological polar surface area (TPSA) is 77.2 Å². The fourth-order valence-electron chi connectivity index (χ4n) is 1.53. The molecule has 0 bridgehead atoms. The summed E-state index contributed by atoms with van der Waals surface area (Å²) in [6.45, 7) is 0.518. The standard InChI is InChI=1S/C12H15N3O2S/c1-17-8-4-5-9-10(7-8)18-12(14-9)15-11(16)3-2-6-13/h4-5,7H,2-3,6,13H2,1H3,(H,14,15,16). The molecule has 2 rings (SSSR count). The number of nitrogens with zero attached hydrogens (tertiary/aromatic N) is 1. The van der Waals surface area contributed by atoms with Crippen molar-refractivity contribution in [3.8, 4) is 5.75 Å². The molecule has 0 radical (unpaired) electrons. The monoisotopic (exact) mass is 265 g/mol. The Morgan fingerprint density at radius 3 is 3.11 bits per heavy atom. The Bertz CT molecular complexity index is 553. The summed E-state index contributed by atoms with van der Waals surface area (Å²) in [5, 5.41) is 3.39. The maximum atomic E-state index is 11.5. The Balaban J connectivity index is 2.12. The van der Waals surface area contributed by atoms with Crippen LogP contribution in [-0.4, -0.2) is 24.5 Å². The van der Waals surface area contributed by atoms with E-state index in [0.29, 0.717) is 24.5 Å². The number of benzene rings is 1. The van der Waals surface area contributed by atoms with E-state index < -0.39 is 0 Å². The van der Waals surface area contributed by atoms with Crippen LogP contribution in [0.3, 0.4) is 0 Å². The van der Waals surface area contributed by atoms with Crippen LogP contribution >= 0.6 is 11.3 Å². The van der Waals surface area contributed by atoms with Gasteiger partial charge in [-0.1, -0.05) is 11.3 Å². The molecule has 0 fully saturated rings. The maximum Gasteiger partial charge on any atom is 0.226 e. The zero-order valence-corrected chi connectivity index (χ0v) is 10.9. The molecule has 0 spiro atoms. The molecule has 0 unspecified atom stereocenters. The molecule has 0 atom stereocenters. The van der Waals surface area contributed by atoms with Crippen molar-refractivity contribution in [2.24, 2.45) is 5.73 Å². The van der Waals surface area contributed by atoms with Gasteiger partial charge in [0.15, 0.2) is 5.13 Å². The molecule has 0 saturated carbocycles. The van der Waals surface area contributed by atoms with E-state index in [0.717, 1.165) is 16.0 Å². The molecular formula is C12H15N3O2S. The minimum absolute atomic E-state index is 0.0496. The Morgan fingerprint density at radius 1 is 1.56 bits per heavy atom. The van der Waals surface area contributed by atoms with Crippen LogP contribution in [0.5, 0.6) is 5.75 Å². The number of ether oxygens (including phenoxy) is 1. The largest absolute Gasteiger partial charge is 0.497 e. The SMILES string of the molecule is COc1ccc2nc(NC(=O)CCCN)sc2c1. The molecule has 18 heavy (non-hydrogen) atoms. The highest BCUT2D eigenvalue weighted by Crippen LogP contribution is 2.29. The third kappa shape index (κ3) is 2.96. The number of rotatable bonds is 5. The van der Waals surface area contributed by atoms with Crippen LogP contribution in [0.15, 0.2) is 18.2 Å². The van der Waals surface area contributed by atoms with Gasteiger partial charge in [0.1, 0.15) is 5.75 Å². The summed E-state index contributed by atoms with van der Waals surface area (Å²) in [5.74, 6) is 0.735. The van der Waals surface area contributed by atoms with E-state index in [2.05, 4.69) is 10.3 Å². The van der Waals surface area contributed by atoms with Crippen molar-refractivity contribution in [3.63, 3.8) is 0 Å². The Kier molecular flexibility index (Phi) is 4.11. The number of anilines is 1. The molecule has 0 aliphatic heterocycles. The lowest BCUT2D eigenvalue weighted by Crippen LogP contribution is -2.13. The van der Waals surface area contributed by atoms with Crippen molar-refractivity contribution in [1.29, 1.82) is 0 Å². The number of nitrogens with one attached hydrogen (secondary N) is 1. The van der Waals surface area contributed by atoms with E-state index in [4.69, 9.17) is 10.5 Å². The predicted molar refractivity (Wildman–Crippen MR) is 73.1 cm³/mol. The van der Waals surface area contributed by atoms with Gasteiger partial charge in [0, 0.05) is 6.42 Å². The second kappa shape index (κ2) is 5.79. The first-order valence-electron chi connectivity index (χ1n) is 5.67. The van der Waals surface area contributed by atoms with Gasteiger partial charge in [-0.3, -0.25) is 4.79 Å². The zero-order chi connectivity index (χ0) is 13.0. The number of nitrogens with two attached hydrogens (primary N) is 1. The summed E-state index contributed by atoms with van der Waals surface area (Å²) in [5.41, 5.74) is 6.21. The Labute approximate surface area is 109 Å². The second-order valence-corrected chi connectivity index (χ2v) is 4.82. The van der Waals surface area contributed by atoms with Crippen LogP contribution in [0.2, 0.25) is 0 Å². The number of carbonyl (C=O) groups is 1. The minimum atomic E-state index is -0.0496. The highest BCUT2D eigenvalue weighted by atomic mass is 32.1. The molecule has 1 amide bonds. The third-order valence-corrected chi connectivity index (χ3v) is 3.38. The highest BCUT2D eigenvalue weighted by Gasteiger charge is 2.08. The van der Waals surface area contributed by atoms with Gasteiger partial charge >= 0.3 is 0 Å². The van der Waals surface area contributed by atoms with Crippen LogP contribution in [0.25, 0.3) is 10.2 Å². The fourth-order valence-corrected chi connectivity index (χ4v) is 2.44. The Morgan fingerprint density at radius 2 is 2.39 bits per heavy atom. The fraction of sp³-hybridized carbons (Fsp3) is 0.333. The molecule has 1 aromatic carbocycles. The number of thiazole rings is 1. The van der Waals surface area contributed by atoms with Crippen molar-refractivity contribution in [3.05, 3.63) is 18.2 Å². The lowest BCUT2D eigenvalue weighted by molar-refractivity contribution is -0.116. The summed E-state index contributed by atoms with van der Waals surface area (Å²) in [6, 6.07) is 5.63. The van der Waals surface area contributed by atoms with E-state index in [1.54, 1.807) is 7.11 Å². The molecule has 0 aliphatic rings. The van der Waals surface area contributed by atoms with Crippen LogP contribution in [-0.2, 0) is 4.79 Å². The van der Waals surface area contributed by atoms with Crippen LogP contribution in [0.1, 0.15) is 12.8 Å². The number of methoxy groups -OCH3 is 1. The van der Waals surface area contributed by atoms with Gasteiger partial charge in [0.25, 0.3) is 0 Å². The normalized spacial score (nSPS) is 10.6. The van der Waals surface area contributed by atoms with Crippen molar-refractivity contribution >= 4 is 32.6 Å². The number of hydrogen-bond acceptors (Lipinski definition) is 5. The van der Waals surface area contributed by atoms with E-state index in [9.17, 15) is 4.79 Å². The van der Waals surface area contributed by atoms with Gasteiger partial charge in [-0.25, -0.2) is 4.98 Å². The average molecular weight is 265 g/mol. The molecule has 5 nitrogen and oxygen atoms in total. The molecule has 6 heteroatoms. The summed E-state index contributed by atoms with van der Waals surface area (Å²) >= 11 is 1.43. The molecule has 1 aromatic heterocycles. The molecule has 3 N–H and O–H groups in total. The van der Waals surface area contributed by atoms with Crippen molar-refractivity contribution < 1.29 is 9.53 Å². The van der Waals surface area contributed by atoms with Crippen molar-refractivity contribution in [2.45, 2.75) is 12.8 Å². The summed E-state index contributed by atoms with van der Waals surface area (Å²) in [7, 11) is 1.62. The summed E-state index contributed by atoms with van der Waals surface area (Å²) in [6.07, 6.45) is 1.11. The number of amides is 1. The predicted octanol–water partition coefficient (Wildman–Crippen LogP) is 1.98. The van der Waals surface area contributed by atoms with E-state index in [-0.39, 0.29) is 5.91 Å². The van der Waals surface area contributed by atoms with Crippen molar-refractivity contribution in [1.82, 2.24) is 4.98 Å². The van der Waals surface area contributed by atoms with Crippen molar-refractivity contribution in [2.75, 3.05) is 19.0 Å². The molecule has 96 valence electrons. The van der Waals surface area contributed by atoms with Gasteiger partial charge in [0.2, 0.25) is 5.91 Å². The first-order chi connectivity index (χ1) is 8.72. The number of hydrogen-bond donors (Lipinski definition) is 2. The van der Waals surface area contributed by atoms with Gasteiger partial charge in [0.05, 0.1) is 17.3 Å². The minimum Gasteiger partial charge on any atom is -0.497 e. The number of fused-ring (bicyclic) bond motifs is 1. The van der Waals surface area contributed by atoms with Crippen LogP contribution in [0.4, 0.5) is 5.13 Å². The van der Waals surface area contributed by atoms with E-state index >= 15 is 0 Å².